The van der Waals surface area contributed by atoms with Crippen molar-refractivity contribution >= 4 is 5.78 Å². The molecule has 4 heterocycles. The van der Waals surface area contributed by atoms with Gasteiger partial charge in [-0.15, -0.1) is 0 Å². The molecule has 4 aliphatic carbocycles. The molecule has 4 bridgehead atoms. The van der Waals surface area contributed by atoms with Gasteiger partial charge >= 0.3 is 0 Å². The molecule has 1 N–H and O–H groups in total. The summed E-state index contributed by atoms with van der Waals surface area (Å²) >= 11 is 0. The molecule has 8 heteroatoms. The Labute approximate surface area is 258 Å². The molecule has 0 amide bonds. The summed E-state index contributed by atoms with van der Waals surface area (Å²) in [6.07, 6.45) is 4.75. The number of methoxy groups -OCH3 is 2. The third-order valence-corrected chi connectivity index (χ3v) is 14.2. The molecule has 2 unspecified atom stereocenters. The third-order valence-electron chi connectivity index (χ3n) is 14.2. The van der Waals surface area contributed by atoms with Crippen LogP contribution in [0.25, 0.3) is 0 Å². The van der Waals surface area contributed by atoms with Crippen LogP contribution in [0.5, 0.6) is 23.0 Å². The Hall–Kier alpha value is -2.81. The Bertz CT molecular complexity index is 1640. The van der Waals surface area contributed by atoms with E-state index in [2.05, 4.69) is 36.0 Å². The van der Waals surface area contributed by atoms with Crippen LogP contribution in [0.3, 0.4) is 0 Å². The van der Waals surface area contributed by atoms with Gasteiger partial charge < -0.3 is 33.9 Å². The summed E-state index contributed by atoms with van der Waals surface area (Å²) in [7, 11) is 7.86. The zero-order valence-corrected chi connectivity index (χ0v) is 26.1. The van der Waals surface area contributed by atoms with Crippen LogP contribution in [0.1, 0.15) is 54.4 Å². The maximum absolute atomic E-state index is 15.0. The minimum absolute atomic E-state index is 0.0808. The largest absolute Gasteiger partial charge is 0.493 e. The number of rotatable bonds is 3. The van der Waals surface area contributed by atoms with Crippen LogP contribution in [0, 0.1) is 17.8 Å². The fourth-order valence-electron chi connectivity index (χ4n) is 12.3. The van der Waals surface area contributed by atoms with E-state index in [9.17, 15) is 9.90 Å². The van der Waals surface area contributed by atoms with E-state index in [-0.39, 0.29) is 34.6 Å². The number of piperidine rings is 2. The van der Waals surface area contributed by atoms with Gasteiger partial charge in [0.25, 0.3) is 0 Å². The number of likely N-dealkylation sites (tertiary alicyclic amines) is 2. The predicted octanol–water partition coefficient (Wildman–Crippen LogP) is 3.27. The smallest absolute Gasteiger partial charge is 0.180 e. The van der Waals surface area contributed by atoms with Crippen LogP contribution in [0.15, 0.2) is 24.3 Å². The summed E-state index contributed by atoms with van der Waals surface area (Å²) in [5, 5.41) is 13.0. The molecule has 10 rings (SSSR count). The molecule has 2 spiro atoms. The molecule has 232 valence electrons. The number of likely N-dealkylation sites (N-methyl/N-ethyl adjacent to an activating group) is 2. The van der Waals surface area contributed by atoms with Gasteiger partial charge in [0, 0.05) is 40.5 Å². The van der Waals surface area contributed by atoms with Gasteiger partial charge in [0.2, 0.25) is 0 Å². The number of carbonyl (C=O) groups is 1. The van der Waals surface area contributed by atoms with Crippen molar-refractivity contribution in [2.45, 2.75) is 85.7 Å². The van der Waals surface area contributed by atoms with Gasteiger partial charge in [-0.25, -0.2) is 0 Å². The van der Waals surface area contributed by atoms with E-state index < -0.39 is 17.6 Å². The number of ketones is 1. The van der Waals surface area contributed by atoms with Crippen molar-refractivity contribution in [3.05, 3.63) is 46.5 Å². The molecule has 2 aromatic rings. The summed E-state index contributed by atoms with van der Waals surface area (Å²) in [6.45, 7) is 1.95. The molecule has 2 aromatic carbocycles. The Kier molecular flexibility index (Phi) is 4.99. The minimum Gasteiger partial charge on any atom is -0.493 e. The van der Waals surface area contributed by atoms with Crippen LogP contribution in [0.2, 0.25) is 0 Å². The molecule has 8 nitrogen and oxygen atoms in total. The number of ether oxygens (including phenoxy) is 4. The van der Waals surface area contributed by atoms with E-state index >= 15 is 0 Å². The highest BCUT2D eigenvalue weighted by molar-refractivity contribution is 5.92. The predicted molar refractivity (Wildman–Crippen MR) is 162 cm³/mol. The molecular weight excluding hydrogens is 556 g/mol. The fourth-order valence-corrected chi connectivity index (χ4v) is 12.3. The van der Waals surface area contributed by atoms with Crippen molar-refractivity contribution in [3.8, 4) is 23.0 Å². The van der Waals surface area contributed by atoms with Gasteiger partial charge in [0.1, 0.15) is 6.10 Å². The maximum Gasteiger partial charge on any atom is 0.180 e. The quantitative estimate of drug-likeness (QED) is 0.577. The Balaban J connectivity index is 1.09. The van der Waals surface area contributed by atoms with E-state index in [0.29, 0.717) is 37.1 Å². The Morgan fingerprint density at radius 2 is 1.41 bits per heavy atom. The van der Waals surface area contributed by atoms with Crippen molar-refractivity contribution in [1.29, 1.82) is 0 Å². The lowest BCUT2D eigenvalue weighted by Gasteiger charge is -2.63. The lowest BCUT2D eigenvalue weighted by Crippen LogP contribution is -2.72. The Morgan fingerprint density at radius 3 is 2.07 bits per heavy atom. The van der Waals surface area contributed by atoms with Crippen LogP contribution in [0.4, 0.5) is 0 Å². The van der Waals surface area contributed by atoms with Gasteiger partial charge in [0.05, 0.1) is 25.7 Å². The van der Waals surface area contributed by atoms with E-state index in [1.807, 2.05) is 12.1 Å². The highest BCUT2D eigenvalue weighted by Gasteiger charge is 2.73. The molecule has 0 aromatic heterocycles. The van der Waals surface area contributed by atoms with Crippen LogP contribution < -0.4 is 18.9 Å². The van der Waals surface area contributed by atoms with Gasteiger partial charge in [-0.1, -0.05) is 12.1 Å². The van der Waals surface area contributed by atoms with Crippen molar-refractivity contribution in [3.63, 3.8) is 0 Å². The first kappa shape index (κ1) is 26.4. The minimum atomic E-state index is -1.17. The topological polar surface area (TPSA) is 80.7 Å². The highest BCUT2D eigenvalue weighted by atomic mass is 16.5. The monoisotopic (exact) mass is 598 g/mol. The second-order valence-corrected chi connectivity index (χ2v) is 15.4. The van der Waals surface area contributed by atoms with Gasteiger partial charge in [-0.05, 0) is 101 Å². The summed E-state index contributed by atoms with van der Waals surface area (Å²) in [6, 6.07) is 9.09. The fraction of sp³-hybridized carbons (Fsp3) is 0.639. The normalized spacial score (nSPS) is 43.9. The zero-order chi connectivity index (χ0) is 29.9. The molecule has 2 saturated carbocycles. The molecule has 0 radical (unpaired) electrons. The highest BCUT2D eigenvalue weighted by Crippen LogP contribution is 2.69. The van der Waals surface area contributed by atoms with Crippen LogP contribution in [-0.4, -0.2) is 92.0 Å². The average Bonchev–Trinajstić information content (AvgIpc) is 3.54. The lowest BCUT2D eigenvalue weighted by atomic mass is 9.45. The van der Waals surface area contributed by atoms with E-state index in [1.54, 1.807) is 14.2 Å². The molecule has 4 aliphatic heterocycles. The van der Waals surface area contributed by atoms with Gasteiger partial charge in [-0.2, -0.15) is 0 Å². The SMILES string of the molecule is COc1ccc2c3c1O[C@H]1CC(O)(C4C[C@H]5[C@H]6Cc7ccc(OC)c8c7[C@@]5(CCN6C)[C@@H](O8)C4=O)C[C@H]4[C@@H](C2)N(C)CC[C@]314. The second kappa shape index (κ2) is 8.31. The summed E-state index contributed by atoms with van der Waals surface area (Å²) < 4.78 is 25.3. The standard InChI is InChI=1S/C36H42N2O6/c1-37-12-10-36-20-15-21(30(39)33(36)44-32-26(42-4)8-6-19(29(32)36)13-23(20)37)34(40)16-22-24-14-18-5-7-25(41-3)31-28(18)35(22,9-11-38(24)2)27(17-34)43-31/h5-8,20-24,27,33,40H,9-17H2,1-4H3/t20-,21?,22-,23+,24+,27-,33-,34?,35+,36-/m0/s1. The lowest BCUT2D eigenvalue weighted by molar-refractivity contribution is -0.183. The number of benzene rings is 2. The average molecular weight is 599 g/mol. The number of carbonyl (C=O) groups excluding carboxylic acids is 1. The summed E-state index contributed by atoms with van der Waals surface area (Å²) in [5.74, 6) is 3.16. The van der Waals surface area contributed by atoms with Crippen molar-refractivity contribution in [2.75, 3.05) is 41.4 Å². The van der Waals surface area contributed by atoms with Crippen molar-refractivity contribution in [2.24, 2.45) is 17.8 Å². The van der Waals surface area contributed by atoms with Gasteiger partial charge in [-0.3, -0.25) is 4.79 Å². The number of Topliss-reactive ketones (excluding diaryl/α,β-unsaturated/α-hetero) is 1. The molecular formula is C36H42N2O6. The molecule has 10 atom stereocenters. The number of hydrogen-bond donors (Lipinski definition) is 1. The maximum atomic E-state index is 15.0. The summed E-state index contributed by atoms with van der Waals surface area (Å²) in [5.41, 5.74) is 3.52. The molecule has 4 fully saturated rings. The first-order valence-electron chi connectivity index (χ1n) is 16.7. The van der Waals surface area contributed by atoms with E-state index in [1.165, 1.54) is 22.3 Å². The number of nitrogens with zero attached hydrogens (tertiary/aromatic N) is 2. The van der Waals surface area contributed by atoms with Crippen molar-refractivity contribution in [1.82, 2.24) is 9.80 Å². The number of hydrogen-bond acceptors (Lipinski definition) is 8. The summed E-state index contributed by atoms with van der Waals surface area (Å²) in [4.78, 5) is 19.9. The second-order valence-electron chi connectivity index (χ2n) is 15.4. The molecule has 8 aliphatic rings. The van der Waals surface area contributed by atoms with Gasteiger partial charge in [0.15, 0.2) is 34.9 Å². The first-order chi connectivity index (χ1) is 21.2. The van der Waals surface area contributed by atoms with Crippen LogP contribution >= 0.6 is 0 Å². The van der Waals surface area contributed by atoms with Crippen molar-refractivity contribution < 1.29 is 28.8 Å². The number of aliphatic hydroxyl groups is 1. The zero-order valence-electron chi connectivity index (χ0n) is 26.1. The molecule has 44 heavy (non-hydrogen) atoms. The molecule has 2 saturated heterocycles. The van der Waals surface area contributed by atoms with E-state index in [0.717, 1.165) is 56.0 Å². The van der Waals surface area contributed by atoms with Crippen LogP contribution in [-0.2, 0) is 28.5 Å². The first-order valence-corrected chi connectivity index (χ1v) is 16.7. The third kappa shape index (κ3) is 2.79. The van der Waals surface area contributed by atoms with E-state index in [4.69, 9.17) is 18.9 Å². The Morgan fingerprint density at radius 1 is 0.818 bits per heavy atom.